The molecular formula is C8H15NO. The second-order valence-electron chi connectivity index (χ2n) is 2.52. The van der Waals surface area contributed by atoms with Crippen molar-refractivity contribution in [2.75, 3.05) is 6.61 Å². The second-order valence-corrected chi connectivity index (χ2v) is 2.52. The van der Waals surface area contributed by atoms with Crippen LogP contribution >= 0.6 is 0 Å². The number of rotatable bonds is 4. The molecule has 0 aliphatic rings. The highest BCUT2D eigenvalue weighted by atomic mass is 16.5. The molecule has 1 atom stereocenters. The molecule has 0 radical (unpaired) electrons. The lowest BCUT2D eigenvalue weighted by molar-refractivity contribution is 0.184. The topological polar surface area (TPSA) is 35.2 Å². The van der Waals surface area contributed by atoms with Gasteiger partial charge in [-0.15, -0.1) is 0 Å². The Balaban J connectivity index is 3.49. The molecule has 1 unspecified atom stereocenters. The lowest BCUT2D eigenvalue weighted by atomic mass is 10.1. The van der Waals surface area contributed by atoms with Gasteiger partial charge in [-0.1, -0.05) is 19.1 Å². The van der Waals surface area contributed by atoms with Gasteiger partial charge in [0.1, 0.15) is 0 Å². The first-order valence-corrected chi connectivity index (χ1v) is 3.26. The van der Waals surface area contributed by atoms with Crippen molar-refractivity contribution in [3.63, 3.8) is 0 Å². The summed E-state index contributed by atoms with van der Waals surface area (Å²) in [5, 5.41) is 0. The van der Waals surface area contributed by atoms with Crippen LogP contribution in [-0.4, -0.2) is 6.61 Å². The van der Waals surface area contributed by atoms with Gasteiger partial charge in [0.2, 0.25) is 0 Å². The molecule has 0 heterocycles. The molecular weight excluding hydrogens is 126 g/mol. The van der Waals surface area contributed by atoms with Gasteiger partial charge in [-0.2, -0.15) is 0 Å². The smallest absolute Gasteiger partial charge is 0.176 e. The van der Waals surface area contributed by atoms with Crippen LogP contribution in [0.2, 0.25) is 0 Å². The van der Waals surface area contributed by atoms with E-state index in [1.165, 1.54) is 0 Å². The number of nitrogens with two attached hydrogens (primary N) is 1. The van der Waals surface area contributed by atoms with Crippen LogP contribution in [0.25, 0.3) is 0 Å². The summed E-state index contributed by atoms with van der Waals surface area (Å²) in [4.78, 5) is 0. The molecule has 2 heteroatoms. The van der Waals surface area contributed by atoms with Crippen LogP contribution in [0, 0.1) is 5.92 Å². The van der Waals surface area contributed by atoms with Crippen LogP contribution in [0.15, 0.2) is 24.6 Å². The first-order valence-electron chi connectivity index (χ1n) is 3.26. The van der Waals surface area contributed by atoms with Crippen molar-refractivity contribution < 1.29 is 4.74 Å². The first-order chi connectivity index (χ1) is 4.54. The van der Waals surface area contributed by atoms with Gasteiger partial charge in [-0.05, 0) is 13.5 Å². The second kappa shape index (κ2) is 3.99. The molecule has 10 heavy (non-hydrogen) atoms. The minimum atomic E-state index is 0.271. The van der Waals surface area contributed by atoms with Gasteiger partial charge in [0.15, 0.2) is 5.88 Å². The summed E-state index contributed by atoms with van der Waals surface area (Å²) in [7, 11) is 0. The van der Waals surface area contributed by atoms with Crippen LogP contribution in [0.1, 0.15) is 13.8 Å². The fourth-order valence-electron chi connectivity index (χ4n) is 0.374. The third kappa shape index (κ3) is 4.01. The standard InChI is InChI=1S/C8H15NO/c1-6(2)7(3)5-10-8(4)9/h7H,1,4-5,9H2,2-3H3. The van der Waals surface area contributed by atoms with Crippen LogP contribution in [0.3, 0.4) is 0 Å². The SMILES string of the molecule is C=C(N)OCC(C)C(=C)C. The lowest BCUT2D eigenvalue weighted by Crippen LogP contribution is -2.09. The molecule has 0 aliphatic heterocycles. The molecule has 2 nitrogen and oxygen atoms in total. The van der Waals surface area contributed by atoms with Crippen molar-refractivity contribution in [3.8, 4) is 0 Å². The zero-order valence-corrected chi connectivity index (χ0v) is 6.68. The Morgan fingerprint density at radius 1 is 1.60 bits per heavy atom. The third-order valence-corrected chi connectivity index (χ3v) is 1.36. The summed E-state index contributed by atoms with van der Waals surface area (Å²) in [5.41, 5.74) is 6.29. The van der Waals surface area contributed by atoms with Gasteiger partial charge in [0.05, 0.1) is 6.61 Å². The molecule has 2 N–H and O–H groups in total. The molecule has 0 saturated heterocycles. The minimum absolute atomic E-state index is 0.271. The molecule has 0 aliphatic carbocycles. The van der Waals surface area contributed by atoms with E-state index in [4.69, 9.17) is 10.5 Å². The van der Waals surface area contributed by atoms with Crippen molar-refractivity contribution in [3.05, 3.63) is 24.6 Å². The Morgan fingerprint density at radius 2 is 2.10 bits per heavy atom. The van der Waals surface area contributed by atoms with Crippen LogP contribution in [0.5, 0.6) is 0 Å². The summed E-state index contributed by atoms with van der Waals surface area (Å²) < 4.78 is 4.99. The normalized spacial score (nSPS) is 12.2. The van der Waals surface area contributed by atoms with Crippen LogP contribution < -0.4 is 5.73 Å². The fraction of sp³-hybridized carbons (Fsp3) is 0.500. The van der Waals surface area contributed by atoms with Crippen LogP contribution in [-0.2, 0) is 4.74 Å². The Kier molecular flexibility index (Phi) is 3.62. The molecule has 0 amide bonds. The molecule has 0 saturated carbocycles. The molecule has 0 aromatic carbocycles. The maximum absolute atomic E-state index is 5.19. The largest absolute Gasteiger partial charge is 0.479 e. The van der Waals surface area contributed by atoms with E-state index in [1.54, 1.807) is 0 Å². The molecule has 58 valence electrons. The van der Waals surface area contributed by atoms with E-state index in [-0.39, 0.29) is 5.88 Å². The number of ether oxygens (including phenoxy) is 1. The van der Waals surface area contributed by atoms with E-state index in [9.17, 15) is 0 Å². The highest BCUT2D eigenvalue weighted by Crippen LogP contribution is 2.07. The summed E-state index contributed by atoms with van der Waals surface area (Å²) in [5.74, 6) is 0.619. The van der Waals surface area contributed by atoms with E-state index in [0.717, 1.165) is 5.57 Å². The van der Waals surface area contributed by atoms with Crippen molar-refractivity contribution in [2.24, 2.45) is 11.7 Å². The minimum Gasteiger partial charge on any atom is -0.479 e. The Morgan fingerprint density at radius 3 is 2.40 bits per heavy atom. The summed E-state index contributed by atoms with van der Waals surface area (Å²) in [6, 6.07) is 0. The first kappa shape index (κ1) is 9.08. The molecule has 0 spiro atoms. The number of hydrogen-bond donors (Lipinski definition) is 1. The van der Waals surface area contributed by atoms with Gasteiger partial charge >= 0.3 is 0 Å². The molecule has 0 aromatic heterocycles. The third-order valence-electron chi connectivity index (χ3n) is 1.36. The summed E-state index contributed by atoms with van der Waals surface area (Å²) >= 11 is 0. The maximum Gasteiger partial charge on any atom is 0.176 e. The van der Waals surface area contributed by atoms with E-state index in [0.29, 0.717) is 12.5 Å². The Bertz CT molecular complexity index is 140. The summed E-state index contributed by atoms with van der Waals surface area (Å²) in [6.07, 6.45) is 0. The van der Waals surface area contributed by atoms with Crippen molar-refractivity contribution in [1.29, 1.82) is 0 Å². The Labute approximate surface area is 62.4 Å². The zero-order chi connectivity index (χ0) is 8.15. The molecule has 0 rings (SSSR count). The average molecular weight is 141 g/mol. The molecule has 0 aromatic rings. The quantitative estimate of drug-likeness (QED) is 0.477. The van der Waals surface area contributed by atoms with Crippen molar-refractivity contribution in [2.45, 2.75) is 13.8 Å². The van der Waals surface area contributed by atoms with E-state index in [1.807, 2.05) is 13.8 Å². The highest BCUT2D eigenvalue weighted by Gasteiger charge is 2.01. The van der Waals surface area contributed by atoms with Gasteiger partial charge < -0.3 is 10.5 Å². The van der Waals surface area contributed by atoms with Crippen molar-refractivity contribution in [1.82, 2.24) is 0 Å². The molecule has 0 fully saturated rings. The monoisotopic (exact) mass is 141 g/mol. The average Bonchev–Trinajstić information content (AvgIpc) is 1.82. The van der Waals surface area contributed by atoms with E-state index >= 15 is 0 Å². The summed E-state index contributed by atoms with van der Waals surface area (Å²) in [6.45, 7) is 11.8. The lowest BCUT2D eigenvalue weighted by Gasteiger charge is -2.11. The van der Waals surface area contributed by atoms with Gasteiger partial charge in [-0.25, -0.2) is 0 Å². The van der Waals surface area contributed by atoms with Gasteiger partial charge in [0, 0.05) is 5.92 Å². The van der Waals surface area contributed by atoms with Gasteiger partial charge in [0.25, 0.3) is 0 Å². The Hall–Kier alpha value is -0.920. The number of hydrogen-bond acceptors (Lipinski definition) is 2. The predicted molar refractivity (Wildman–Crippen MR) is 43.3 cm³/mol. The predicted octanol–water partition coefficient (Wildman–Crippen LogP) is 1.65. The maximum atomic E-state index is 5.19. The van der Waals surface area contributed by atoms with Gasteiger partial charge in [-0.3, -0.25) is 0 Å². The van der Waals surface area contributed by atoms with Crippen LogP contribution in [0.4, 0.5) is 0 Å². The zero-order valence-electron chi connectivity index (χ0n) is 6.68. The molecule has 0 bridgehead atoms. The highest BCUT2D eigenvalue weighted by molar-refractivity contribution is 4.94. The van der Waals surface area contributed by atoms with Crippen molar-refractivity contribution >= 4 is 0 Å². The van der Waals surface area contributed by atoms with E-state index in [2.05, 4.69) is 13.2 Å². The fourth-order valence-corrected chi connectivity index (χ4v) is 0.374. The van der Waals surface area contributed by atoms with E-state index < -0.39 is 0 Å².